The van der Waals surface area contributed by atoms with E-state index in [2.05, 4.69) is 0 Å². The summed E-state index contributed by atoms with van der Waals surface area (Å²) in [6.07, 6.45) is 6.76. The van der Waals surface area contributed by atoms with E-state index in [-0.39, 0.29) is 28.9 Å². The average molecular weight is 342 g/mol. The van der Waals surface area contributed by atoms with E-state index in [0.29, 0.717) is 0 Å². The van der Waals surface area contributed by atoms with Crippen LogP contribution in [0.25, 0.3) is 0 Å². The first-order chi connectivity index (χ1) is 9.44. The molecule has 0 saturated heterocycles. The molecule has 0 aliphatic rings. The molecular weight excluding hydrogens is 312 g/mol. The van der Waals surface area contributed by atoms with Crippen LogP contribution in [0.1, 0.15) is 79.1 Å². The zero-order valence-electron chi connectivity index (χ0n) is 13.8. The molecule has 0 bridgehead atoms. The van der Waals surface area contributed by atoms with Gasteiger partial charge in [0.15, 0.2) is 0 Å². The molecule has 0 heterocycles. The third-order valence-corrected chi connectivity index (χ3v) is 3.22. The van der Waals surface area contributed by atoms with E-state index >= 15 is 0 Å². The van der Waals surface area contributed by atoms with Crippen LogP contribution in [-0.4, -0.2) is 11.9 Å². The van der Waals surface area contributed by atoms with Crippen molar-refractivity contribution >= 4 is 11.9 Å². The second-order valence-corrected chi connectivity index (χ2v) is 5.19. The molecule has 0 amide bonds. The molecular formula is C16H30FeO4. The summed E-state index contributed by atoms with van der Waals surface area (Å²) < 4.78 is 0. The molecule has 0 N–H and O–H groups in total. The SMILES string of the molecule is CCCC(CCC)C(=O)[O-].CCCC(CCC)C(=O)[O-].[Fe+2]. The van der Waals surface area contributed by atoms with E-state index in [1.54, 1.807) is 0 Å². The number of rotatable bonds is 10. The van der Waals surface area contributed by atoms with Gasteiger partial charge >= 0.3 is 17.1 Å². The zero-order valence-corrected chi connectivity index (χ0v) is 14.9. The second-order valence-electron chi connectivity index (χ2n) is 5.19. The maximum Gasteiger partial charge on any atom is 2.00 e. The molecule has 0 fully saturated rings. The van der Waals surface area contributed by atoms with Gasteiger partial charge in [-0.3, -0.25) is 0 Å². The maximum atomic E-state index is 10.4. The van der Waals surface area contributed by atoms with Gasteiger partial charge in [-0.15, -0.1) is 0 Å². The number of carboxylic acid groups (broad SMARTS) is 2. The Morgan fingerprint density at radius 2 is 0.857 bits per heavy atom. The Hall–Kier alpha value is -0.541. The van der Waals surface area contributed by atoms with Gasteiger partial charge < -0.3 is 19.8 Å². The molecule has 0 atom stereocenters. The van der Waals surface area contributed by atoms with E-state index in [9.17, 15) is 19.8 Å². The molecule has 0 aromatic carbocycles. The number of hydrogen-bond donors (Lipinski definition) is 0. The standard InChI is InChI=1S/2C8H16O2.Fe/c2*1-3-5-7(6-4-2)8(9)10;/h2*7H,3-6H2,1-2H3,(H,9,10);/q;;+2/p-2. The molecule has 0 aromatic rings. The number of aliphatic carboxylic acids is 2. The van der Waals surface area contributed by atoms with Gasteiger partial charge in [0, 0.05) is 11.9 Å². The van der Waals surface area contributed by atoms with Crippen molar-refractivity contribution in [2.24, 2.45) is 11.8 Å². The summed E-state index contributed by atoms with van der Waals surface area (Å²) in [4.78, 5) is 20.7. The van der Waals surface area contributed by atoms with E-state index in [1.807, 2.05) is 27.7 Å². The molecule has 0 aliphatic carbocycles. The van der Waals surface area contributed by atoms with Crippen molar-refractivity contribution in [2.75, 3.05) is 0 Å². The van der Waals surface area contributed by atoms with Crippen molar-refractivity contribution in [3.05, 3.63) is 0 Å². The van der Waals surface area contributed by atoms with Crippen molar-refractivity contribution in [1.29, 1.82) is 0 Å². The summed E-state index contributed by atoms with van der Waals surface area (Å²) in [5, 5.41) is 20.7. The molecule has 0 spiro atoms. The normalized spacial score (nSPS) is 9.81. The predicted octanol–water partition coefficient (Wildman–Crippen LogP) is 1.90. The number of hydrogen-bond acceptors (Lipinski definition) is 4. The first-order valence-corrected chi connectivity index (χ1v) is 7.86. The molecule has 126 valence electrons. The van der Waals surface area contributed by atoms with Crippen LogP contribution in [0.2, 0.25) is 0 Å². The van der Waals surface area contributed by atoms with Gasteiger partial charge in [-0.2, -0.15) is 0 Å². The van der Waals surface area contributed by atoms with Gasteiger partial charge in [0.1, 0.15) is 0 Å². The van der Waals surface area contributed by atoms with Gasteiger partial charge in [0.25, 0.3) is 0 Å². The van der Waals surface area contributed by atoms with Crippen molar-refractivity contribution in [1.82, 2.24) is 0 Å². The van der Waals surface area contributed by atoms with Crippen LogP contribution in [0.5, 0.6) is 0 Å². The second kappa shape index (κ2) is 17.5. The van der Waals surface area contributed by atoms with Gasteiger partial charge in [-0.1, -0.05) is 53.4 Å². The Morgan fingerprint density at radius 1 is 0.667 bits per heavy atom. The number of carboxylic acids is 2. The minimum Gasteiger partial charge on any atom is -0.550 e. The van der Waals surface area contributed by atoms with E-state index in [0.717, 1.165) is 51.4 Å². The molecule has 0 saturated carbocycles. The fraction of sp³-hybridized carbons (Fsp3) is 0.875. The Kier molecular flexibility index (Phi) is 21.2. The number of carbonyl (C=O) groups is 2. The summed E-state index contributed by atoms with van der Waals surface area (Å²) in [5.74, 6) is -2.20. The summed E-state index contributed by atoms with van der Waals surface area (Å²) in [7, 11) is 0. The Labute approximate surface area is 140 Å². The minimum atomic E-state index is -0.885. The van der Waals surface area contributed by atoms with Gasteiger partial charge in [-0.05, 0) is 37.5 Å². The van der Waals surface area contributed by atoms with Crippen LogP contribution < -0.4 is 10.2 Å². The first-order valence-electron chi connectivity index (χ1n) is 7.86. The molecule has 0 unspecified atom stereocenters. The fourth-order valence-electron chi connectivity index (χ4n) is 2.15. The van der Waals surface area contributed by atoms with Crippen molar-refractivity contribution in [2.45, 2.75) is 79.1 Å². The summed E-state index contributed by atoms with van der Waals surface area (Å²) in [6, 6.07) is 0. The maximum absolute atomic E-state index is 10.4. The van der Waals surface area contributed by atoms with E-state index in [1.165, 1.54) is 0 Å². The quantitative estimate of drug-likeness (QED) is 0.568. The van der Waals surface area contributed by atoms with Gasteiger partial charge in [0.2, 0.25) is 0 Å². The van der Waals surface area contributed by atoms with Gasteiger partial charge in [-0.25, -0.2) is 0 Å². The fourth-order valence-corrected chi connectivity index (χ4v) is 2.15. The first kappa shape index (κ1) is 25.4. The molecule has 0 aromatic heterocycles. The summed E-state index contributed by atoms with van der Waals surface area (Å²) in [5.41, 5.74) is 0. The van der Waals surface area contributed by atoms with E-state index < -0.39 is 11.9 Å². The minimum absolute atomic E-state index is 0. The van der Waals surface area contributed by atoms with Crippen LogP contribution in [0.15, 0.2) is 0 Å². The Bertz CT molecular complexity index is 219. The van der Waals surface area contributed by atoms with Crippen LogP contribution >= 0.6 is 0 Å². The van der Waals surface area contributed by atoms with Crippen molar-refractivity contribution in [3.63, 3.8) is 0 Å². The average Bonchev–Trinajstić information content (AvgIpc) is 2.38. The summed E-state index contributed by atoms with van der Waals surface area (Å²) in [6.45, 7) is 7.97. The molecule has 0 radical (unpaired) electrons. The summed E-state index contributed by atoms with van der Waals surface area (Å²) >= 11 is 0. The number of carbonyl (C=O) groups excluding carboxylic acids is 2. The monoisotopic (exact) mass is 342 g/mol. The zero-order chi connectivity index (χ0) is 16.0. The topological polar surface area (TPSA) is 80.3 Å². The third kappa shape index (κ3) is 15.7. The van der Waals surface area contributed by atoms with Crippen LogP contribution in [-0.2, 0) is 26.7 Å². The van der Waals surface area contributed by atoms with Gasteiger partial charge in [0.05, 0.1) is 0 Å². The predicted molar refractivity (Wildman–Crippen MR) is 76.6 cm³/mol. The molecule has 0 aliphatic heterocycles. The smallest absolute Gasteiger partial charge is 0.550 e. The van der Waals surface area contributed by atoms with Crippen molar-refractivity contribution < 1.29 is 36.9 Å². The van der Waals surface area contributed by atoms with Crippen LogP contribution in [0.3, 0.4) is 0 Å². The molecule has 0 rings (SSSR count). The Morgan fingerprint density at radius 3 is 0.952 bits per heavy atom. The molecule has 4 nitrogen and oxygen atoms in total. The molecule has 21 heavy (non-hydrogen) atoms. The van der Waals surface area contributed by atoms with Crippen LogP contribution in [0, 0.1) is 11.8 Å². The van der Waals surface area contributed by atoms with Crippen molar-refractivity contribution in [3.8, 4) is 0 Å². The third-order valence-electron chi connectivity index (χ3n) is 3.22. The largest absolute Gasteiger partial charge is 2.00 e. The van der Waals surface area contributed by atoms with Crippen LogP contribution in [0.4, 0.5) is 0 Å². The Balaban J connectivity index is -0.000000295. The van der Waals surface area contributed by atoms with E-state index in [4.69, 9.17) is 0 Å². The molecule has 5 heteroatoms.